The number of nitrogens with one attached hydrogen (secondary N) is 1. The molecule has 17 heavy (non-hydrogen) atoms. The quantitative estimate of drug-likeness (QED) is 0.656. The molecular weight excluding hydrogens is 242 g/mol. The second kappa shape index (κ2) is 4.88. The number of pyridine rings is 1. The normalized spacial score (nSPS) is 10.2. The predicted molar refractivity (Wildman–Crippen MR) is 62.1 cm³/mol. The van der Waals surface area contributed by atoms with E-state index in [1.807, 2.05) is 0 Å². The molecule has 0 aliphatic carbocycles. The van der Waals surface area contributed by atoms with Crippen LogP contribution in [0, 0.1) is 0 Å². The molecule has 0 radical (unpaired) electrons. The molecule has 0 unspecified atom stereocenters. The van der Waals surface area contributed by atoms with Gasteiger partial charge in [0.25, 0.3) is 5.56 Å². The van der Waals surface area contributed by atoms with Gasteiger partial charge in [0, 0.05) is 12.4 Å². The summed E-state index contributed by atoms with van der Waals surface area (Å²) in [5.74, 6) is -0.304. The summed E-state index contributed by atoms with van der Waals surface area (Å²) < 4.78 is 0. The molecule has 86 valence electrons. The third kappa shape index (κ3) is 2.76. The largest absolute Gasteiger partial charge is 0.328 e. The lowest BCUT2D eigenvalue weighted by Gasteiger charge is -1.99. The van der Waals surface area contributed by atoms with Gasteiger partial charge in [-0.1, -0.05) is 0 Å². The number of rotatable bonds is 3. The van der Waals surface area contributed by atoms with E-state index in [0.29, 0.717) is 5.69 Å². The SMILES string of the molecule is O=C(Cc1ccnc(Cl)n1)c1ccc[nH]c1=O. The third-order valence-electron chi connectivity index (χ3n) is 2.14. The summed E-state index contributed by atoms with van der Waals surface area (Å²) in [4.78, 5) is 33.3. The van der Waals surface area contributed by atoms with E-state index in [-0.39, 0.29) is 23.1 Å². The first-order chi connectivity index (χ1) is 8.16. The zero-order valence-corrected chi connectivity index (χ0v) is 9.44. The molecule has 2 aromatic rings. The van der Waals surface area contributed by atoms with Crippen molar-refractivity contribution in [1.82, 2.24) is 15.0 Å². The molecule has 1 N–H and O–H groups in total. The van der Waals surface area contributed by atoms with Crippen LogP contribution in [0.2, 0.25) is 5.28 Å². The lowest BCUT2D eigenvalue weighted by molar-refractivity contribution is 0.0990. The highest BCUT2D eigenvalue weighted by Crippen LogP contribution is 2.04. The number of Topliss-reactive ketones (excluding diaryl/α,β-unsaturated/α-hetero) is 1. The smallest absolute Gasteiger partial charge is 0.258 e. The molecule has 0 amide bonds. The number of aromatic amines is 1. The second-order valence-electron chi connectivity index (χ2n) is 3.33. The number of nitrogens with zero attached hydrogens (tertiary/aromatic N) is 2. The van der Waals surface area contributed by atoms with Gasteiger partial charge < -0.3 is 4.98 Å². The molecule has 0 saturated heterocycles. The number of H-pyrrole nitrogens is 1. The summed E-state index contributed by atoms with van der Waals surface area (Å²) in [7, 11) is 0. The Hall–Kier alpha value is -2.01. The zero-order chi connectivity index (χ0) is 12.3. The minimum Gasteiger partial charge on any atom is -0.328 e. The van der Waals surface area contributed by atoms with Crippen molar-refractivity contribution in [3.05, 3.63) is 57.5 Å². The fourth-order valence-electron chi connectivity index (χ4n) is 1.37. The molecule has 0 aliphatic heterocycles. The molecule has 0 fully saturated rings. The van der Waals surface area contributed by atoms with Gasteiger partial charge >= 0.3 is 0 Å². The van der Waals surface area contributed by atoms with Crippen LogP contribution in [-0.4, -0.2) is 20.7 Å². The van der Waals surface area contributed by atoms with Crippen LogP contribution in [0.5, 0.6) is 0 Å². The maximum atomic E-state index is 11.8. The van der Waals surface area contributed by atoms with E-state index in [2.05, 4.69) is 15.0 Å². The van der Waals surface area contributed by atoms with Gasteiger partial charge in [-0.05, 0) is 29.8 Å². The third-order valence-corrected chi connectivity index (χ3v) is 2.33. The summed E-state index contributed by atoms with van der Waals surface area (Å²) >= 11 is 5.60. The van der Waals surface area contributed by atoms with Crippen molar-refractivity contribution in [2.75, 3.05) is 0 Å². The van der Waals surface area contributed by atoms with Gasteiger partial charge in [-0.2, -0.15) is 0 Å². The first-order valence-corrected chi connectivity index (χ1v) is 5.23. The van der Waals surface area contributed by atoms with Gasteiger partial charge in [0.2, 0.25) is 5.28 Å². The molecular formula is C11H8ClN3O2. The summed E-state index contributed by atoms with van der Waals surface area (Å²) in [5.41, 5.74) is 0.193. The lowest BCUT2D eigenvalue weighted by atomic mass is 10.1. The van der Waals surface area contributed by atoms with E-state index in [4.69, 9.17) is 11.6 Å². The van der Waals surface area contributed by atoms with E-state index in [0.717, 1.165) is 0 Å². The Kier molecular flexibility index (Phi) is 3.30. The summed E-state index contributed by atoms with van der Waals surface area (Å²) in [6.07, 6.45) is 2.96. The average molecular weight is 250 g/mol. The lowest BCUT2D eigenvalue weighted by Crippen LogP contribution is -2.18. The Morgan fingerprint density at radius 2 is 2.24 bits per heavy atom. The van der Waals surface area contributed by atoms with E-state index >= 15 is 0 Å². The van der Waals surface area contributed by atoms with Crippen LogP contribution in [-0.2, 0) is 6.42 Å². The molecule has 0 bridgehead atoms. The number of carbonyl (C=O) groups is 1. The fraction of sp³-hybridized carbons (Fsp3) is 0.0909. The molecule has 2 heterocycles. The molecule has 0 atom stereocenters. The van der Waals surface area contributed by atoms with Gasteiger partial charge in [0.05, 0.1) is 17.7 Å². The summed E-state index contributed by atoms with van der Waals surface area (Å²) in [6.45, 7) is 0. The van der Waals surface area contributed by atoms with Crippen LogP contribution in [0.25, 0.3) is 0 Å². The Bertz CT molecular complexity index is 609. The second-order valence-corrected chi connectivity index (χ2v) is 3.67. The first-order valence-electron chi connectivity index (χ1n) is 4.85. The van der Waals surface area contributed by atoms with Crippen molar-refractivity contribution in [2.24, 2.45) is 0 Å². The number of aromatic nitrogens is 3. The van der Waals surface area contributed by atoms with Crippen molar-refractivity contribution in [2.45, 2.75) is 6.42 Å². The summed E-state index contributed by atoms with van der Waals surface area (Å²) in [6, 6.07) is 4.66. The van der Waals surface area contributed by atoms with E-state index in [9.17, 15) is 9.59 Å². The molecule has 2 rings (SSSR count). The topological polar surface area (TPSA) is 75.7 Å². The molecule has 0 spiro atoms. The Balaban J connectivity index is 2.23. The van der Waals surface area contributed by atoms with E-state index < -0.39 is 5.56 Å². The van der Waals surface area contributed by atoms with Crippen LogP contribution in [0.4, 0.5) is 0 Å². The maximum Gasteiger partial charge on any atom is 0.258 e. The Labute approximate surface area is 102 Å². The summed E-state index contributed by atoms with van der Waals surface area (Å²) in [5, 5.41) is 0.0808. The number of halogens is 1. The molecule has 2 aromatic heterocycles. The van der Waals surface area contributed by atoms with Gasteiger partial charge in [-0.25, -0.2) is 9.97 Å². The van der Waals surface area contributed by atoms with Crippen LogP contribution in [0.1, 0.15) is 16.1 Å². The monoisotopic (exact) mass is 249 g/mol. The van der Waals surface area contributed by atoms with Crippen molar-refractivity contribution in [3.8, 4) is 0 Å². The highest BCUT2D eigenvalue weighted by Gasteiger charge is 2.11. The van der Waals surface area contributed by atoms with E-state index in [1.54, 1.807) is 12.1 Å². The van der Waals surface area contributed by atoms with Gasteiger partial charge in [0.15, 0.2) is 5.78 Å². The van der Waals surface area contributed by atoms with Gasteiger partial charge in [0.1, 0.15) is 0 Å². The number of hydrogen-bond acceptors (Lipinski definition) is 4. The molecule has 5 nitrogen and oxygen atoms in total. The van der Waals surface area contributed by atoms with Gasteiger partial charge in [-0.3, -0.25) is 9.59 Å². The van der Waals surface area contributed by atoms with Gasteiger partial charge in [-0.15, -0.1) is 0 Å². The number of carbonyl (C=O) groups excluding carboxylic acids is 1. The zero-order valence-electron chi connectivity index (χ0n) is 8.68. The van der Waals surface area contributed by atoms with Crippen LogP contribution >= 0.6 is 11.6 Å². The van der Waals surface area contributed by atoms with Crippen LogP contribution in [0.3, 0.4) is 0 Å². The average Bonchev–Trinajstić information content (AvgIpc) is 2.29. The van der Waals surface area contributed by atoms with Crippen molar-refractivity contribution >= 4 is 17.4 Å². The maximum absolute atomic E-state index is 11.8. The van der Waals surface area contributed by atoms with Crippen molar-refractivity contribution in [1.29, 1.82) is 0 Å². The minimum absolute atomic E-state index is 0.0231. The molecule has 6 heteroatoms. The number of hydrogen-bond donors (Lipinski definition) is 1. The standard InChI is InChI=1S/C11H8ClN3O2/c12-11-14-5-3-7(15-11)6-9(16)8-2-1-4-13-10(8)17/h1-5H,6H2,(H,13,17). The highest BCUT2D eigenvalue weighted by molar-refractivity contribution is 6.28. The fourth-order valence-corrected chi connectivity index (χ4v) is 1.53. The van der Waals surface area contributed by atoms with Crippen molar-refractivity contribution < 1.29 is 4.79 Å². The van der Waals surface area contributed by atoms with E-state index in [1.165, 1.54) is 18.5 Å². The molecule has 0 saturated carbocycles. The minimum atomic E-state index is -0.405. The molecule has 0 aliphatic rings. The Morgan fingerprint density at radius 3 is 2.94 bits per heavy atom. The first kappa shape index (κ1) is 11.5. The predicted octanol–water partition coefficient (Wildman–Crippen LogP) is 1.24. The van der Waals surface area contributed by atoms with Crippen molar-refractivity contribution in [3.63, 3.8) is 0 Å². The Morgan fingerprint density at radius 1 is 1.41 bits per heavy atom. The highest BCUT2D eigenvalue weighted by atomic mass is 35.5. The number of ketones is 1. The van der Waals surface area contributed by atoms with Crippen LogP contribution in [0.15, 0.2) is 35.4 Å². The molecule has 0 aromatic carbocycles. The van der Waals surface area contributed by atoms with Crippen LogP contribution < -0.4 is 5.56 Å².